The molecule has 0 amide bonds. The number of nitriles is 1. The molecular weight excluding hydrogens is 296 g/mol. The molecule has 0 aliphatic carbocycles. The van der Waals surface area contributed by atoms with E-state index >= 15 is 0 Å². The molecule has 0 fully saturated rings. The summed E-state index contributed by atoms with van der Waals surface area (Å²) in [6, 6.07) is 14.0. The molecule has 3 heteroatoms. The molecule has 0 unspecified atom stereocenters. The van der Waals surface area contributed by atoms with Gasteiger partial charge in [0, 0.05) is 30.3 Å². The second kappa shape index (κ2) is 6.33. The summed E-state index contributed by atoms with van der Waals surface area (Å²) in [4.78, 5) is 13.3. The van der Waals surface area contributed by atoms with Gasteiger partial charge in [-0.1, -0.05) is 23.8 Å². The number of hydrogen-bond donors (Lipinski definition) is 0. The van der Waals surface area contributed by atoms with Crippen LogP contribution in [-0.4, -0.2) is 10.2 Å². The van der Waals surface area contributed by atoms with Crippen molar-refractivity contribution in [2.45, 2.75) is 33.6 Å². The number of hydrogen-bond acceptors (Lipinski definition) is 2. The molecule has 3 nitrogen and oxygen atoms in total. The molecule has 2 heterocycles. The number of nitrogens with zero attached hydrogens (tertiary/aromatic N) is 2. The summed E-state index contributed by atoms with van der Waals surface area (Å²) < 4.78 is 2.05. The van der Waals surface area contributed by atoms with Crippen LogP contribution in [0.15, 0.2) is 42.6 Å². The van der Waals surface area contributed by atoms with E-state index < -0.39 is 0 Å². The lowest BCUT2D eigenvalue weighted by Crippen LogP contribution is -2.05. The molecule has 0 bridgehead atoms. The van der Waals surface area contributed by atoms with Crippen LogP contribution in [0.2, 0.25) is 0 Å². The molecule has 0 spiro atoms. The minimum absolute atomic E-state index is 0.0561. The third kappa shape index (κ3) is 2.61. The number of rotatable bonds is 4. The Kier molecular flexibility index (Phi) is 4.22. The van der Waals surface area contributed by atoms with E-state index in [0.29, 0.717) is 12.8 Å². The molecule has 0 atom stereocenters. The monoisotopic (exact) mass is 316 g/mol. The summed E-state index contributed by atoms with van der Waals surface area (Å²) in [6.45, 7) is 5.95. The van der Waals surface area contributed by atoms with Crippen LogP contribution in [0, 0.1) is 32.1 Å². The molecule has 0 N–H and O–H groups in total. The van der Waals surface area contributed by atoms with Gasteiger partial charge in [0.25, 0.3) is 0 Å². The molecule has 0 saturated carbocycles. The number of fused-ring (bicyclic) bond motifs is 1. The van der Waals surface area contributed by atoms with Gasteiger partial charge in [-0.15, -0.1) is 0 Å². The Bertz CT molecular complexity index is 973. The molecule has 24 heavy (non-hydrogen) atoms. The van der Waals surface area contributed by atoms with E-state index in [1.165, 1.54) is 0 Å². The Labute approximate surface area is 142 Å². The first kappa shape index (κ1) is 16.0. The van der Waals surface area contributed by atoms with Crippen LogP contribution in [0.3, 0.4) is 0 Å². The summed E-state index contributed by atoms with van der Waals surface area (Å²) in [5.41, 5.74) is 6.49. The number of aryl methyl sites for hydroxylation is 3. The lowest BCUT2D eigenvalue weighted by atomic mass is 9.95. The number of carbonyl (C=O) groups excluding carboxylic acids is 1. The maximum atomic E-state index is 13.3. The average molecular weight is 316 g/mol. The third-order valence-electron chi connectivity index (χ3n) is 4.55. The van der Waals surface area contributed by atoms with Gasteiger partial charge in [-0.2, -0.15) is 5.26 Å². The summed E-state index contributed by atoms with van der Waals surface area (Å²) in [5.74, 6) is 0.0561. The summed E-state index contributed by atoms with van der Waals surface area (Å²) in [6.07, 6.45) is 3.06. The SMILES string of the molecule is Cc1ccc(C)c(C(=O)c2c(C)c(CCC#N)n3ccccc23)c1. The first-order valence-electron chi connectivity index (χ1n) is 8.12. The number of carbonyl (C=O) groups is 1. The molecule has 0 aliphatic rings. The predicted molar refractivity (Wildman–Crippen MR) is 95.4 cm³/mol. The number of aromatic nitrogens is 1. The molecule has 0 saturated heterocycles. The van der Waals surface area contributed by atoms with Crippen molar-refractivity contribution in [1.29, 1.82) is 5.26 Å². The Morgan fingerprint density at radius 2 is 1.96 bits per heavy atom. The average Bonchev–Trinajstić information content (AvgIpc) is 2.86. The highest BCUT2D eigenvalue weighted by molar-refractivity contribution is 6.15. The quantitative estimate of drug-likeness (QED) is 0.663. The van der Waals surface area contributed by atoms with Gasteiger partial charge in [0.15, 0.2) is 5.78 Å². The largest absolute Gasteiger partial charge is 0.320 e. The van der Waals surface area contributed by atoms with Crippen LogP contribution in [0.5, 0.6) is 0 Å². The van der Waals surface area contributed by atoms with Crippen LogP contribution in [0.25, 0.3) is 5.52 Å². The minimum atomic E-state index is 0.0561. The normalized spacial score (nSPS) is 10.8. The fourth-order valence-electron chi connectivity index (χ4n) is 3.28. The molecule has 0 radical (unpaired) electrons. The fraction of sp³-hybridized carbons (Fsp3) is 0.238. The van der Waals surface area contributed by atoms with E-state index in [2.05, 4.69) is 6.07 Å². The Balaban J connectivity index is 2.23. The highest BCUT2D eigenvalue weighted by atomic mass is 16.1. The van der Waals surface area contributed by atoms with Crippen molar-refractivity contribution in [3.05, 3.63) is 76.1 Å². The van der Waals surface area contributed by atoms with Crippen LogP contribution >= 0.6 is 0 Å². The van der Waals surface area contributed by atoms with Crippen molar-refractivity contribution < 1.29 is 4.79 Å². The maximum Gasteiger partial charge on any atom is 0.195 e. The van der Waals surface area contributed by atoms with Crippen molar-refractivity contribution in [3.63, 3.8) is 0 Å². The van der Waals surface area contributed by atoms with E-state index in [0.717, 1.165) is 39.0 Å². The Hall–Kier alpha value is -2.86. The Morgan fingerprint density at radius 3 is 2.71 bits per heavy atom. The first-order chi connectivity index (χ1) is 11.5. The summed E-state index contributed by atoms with van der Waals surface area (Å²) >= 11 is 0. The summed E-state index contributed by atoms with van der Waals surface area (Å²) in [7, 11) is 0. The molecule has 3 rings (SSSR count). The van der Waals surface area contributed by atoms with E-state index in [-0.39, 0.29) is 5.78 Å². The van der Waals surface area contributed by atoms with Crippen molar-refractivity contribution in [2.24, 2.45) is 0 Å². The van der Waals surface area contributed by atoms with Gasteiger partial charge in [0.2, 0.25) is 0 Å². The highest BCUT2D eigenvalue weighted by Gasteiger charge is 2.22. The zero-order chi connectivity index (χ0) is 17.3. The maximum absolute atomic E-state index is 13.3. The zero-order valence-corrected chi connectivity index (χ0v) is 14.3. The standard InChI is InChI=1S/C21H20N2O/c1-14-9-10-15(2)17(13-14)21(24)20-16(3)18(8-6-11-22)23-12-5-4-7-19(20)23/h4-5,7,9-10,12-13H,6,8H2,1-3H3. The first-order valence-corrected chi connectivity index (χ1v) is 8.12. The number of benzene rings is 1. The second-order valence-electron chi connectivity index (χ2n) is 6.21. The predicted octanol–water partition coefficient (Wildman–Crippen LogP) is 4.55. The molecule has 3 aromatic rings. The van der Waals surface area contributed by atoms with E-state index in [9.17, 15) is 4.79 Å². The van der Waals surface area contributed by atoms with Crippen molar-refractivity contribution in [2.75, 3.05) is 0 Å². The van der Waals surface area contributed by atoms with Crippen molar-refractivity contribution in [3.8, 4) is 6.07 Å². The van der Waals surface area contributed by atoms with Crippen molar-refractivity contribution in [1.82, 2.24) is 4.40 Å². The minimum Gasteiger partial charge on any atom is -0.320 e. The van der Waals surface area contributed by atoms with Gasteiger partial charge >= 0.3 is 0 Å². The zero-order valence-electron chi connectivity index (χ0n) is 14.3. The van der Waals surface area contributed by atoms with Crippen LogP contribution in [0.1, 0.15) is 44.7 Å². The van der Waals surface area contributed by atoms with Gasteiger partial charge in [-0.3, -0.25) is 4.79 Å². The van der Waals surface area contributed by atoms with Gasteiger partial charge in [-0.25, -0.2) is 0 Å². The van der Waals surface area contributed by atoms with E-state index in [1.807, 2.05) is 67.8 Å². The van der Waals surface area contributed by atoms with Crippen molar-refractivity contribution >= 4 is 11.3 Å². The lowest BCUT2D eigenvalue weighted by molar-refractivity contribution is 0.103. The summed E-state index contributed by atoms with van der Waals surface area (Å²) in [5, 5.41) is 8.93. The fourth-order valence-corrected chi connectivity index (χ4v) is 3.28. The number of pyridine rings is 1. The Morgan fingerprint density at radius 1 is 1.17 bits per heavy atom. The highest BCUT2D eigenvalue weighted by Crippen LogP contribution is 2.28. The second-order valence-corrected chi connectivity index (χ2v) is 6.21. The van der Waals surface area contributed by atoms with Crippen LogP contribution in [-0.2, 0) is 6.42 Å². The topological polar surface area (TPSA) is 45.3 Å². The van der Waals surface area contributed by atoms with Gasteiger partial charge < -0.3 is 4.40 Å². The molecule has 1 aromatic carbocycles. The van der Waals surface area contributed by atoms with Gasteiger partial charge in [0.05, 0.1) is 17.1 Å². The molecule has 0 aliphatic heterocycles. The molecular formula is C21H20N2O. The van der Waals surface area contributed by atoms with Gasteiger partial charge in [0.1, 0.15) is 0 Å². The molecule has 2 aromatic heterocycles. The third-order valence-corrected chi connectivity index (χ3v) is 4.55. The molecule has 120 valence electrons. The lowest BCUT2D eigenvalue weighted by Gasteiger charge is -2.07. The van der Waals surface area contributed by atoms with Crippen LogP contribution < -0.4 is 0 Å². The van der Waals surface area contributed by atoms with Crippen LogP contribution in [0.4, 0.5) is 0 Å². The smallest absolute Gasteiger partial charge is 0.195 e. The van der Waals surface area contributed by atoms with Gasteiger partial charge in [-0.05, 0) is 50.1 Å². The van der Waals surface area contributed by atoms with E-state index in [1.54, 1.807) is 0 Å². The number of ketones is 1. The van der Waals surface area contributed by atoms with E-state index in [4.69, 9.17) is 5.26 Å².